The van der Waals surface area contributed by atoms with Crippen molar-refractivity contribution in [2.45, 2.75) is 0 Å². The highest BCUT2D eigenvalue weighted by Crippen LogP contribution is 2.53. The van der Waals surface area contributed by atoms with Crippen molar-refractivity contribution in [2.75, 3.05) is 52.4 Å². The first-order chi connectivity index (χ1) is 10.1. The lowest BCUT2D eigenvalue weighted by Gasteiger charge is -2.06. The van der Waals surface area contributed by atoms with Gasteiger partial charge in [0, 0.05) is 52.4 Å². The smallest absolute Gasteiger partial charge is 0.329 e. The van der Waals surface area contributed by atoms with Gasteiger partial charge in [0.2, 0.25) is 0 Å². The second-order valence-electron chi connectivity index (χ2n) is 3.89. The van der Waals surface area contributed by atoms with E-state index < -0.39 is 15.6 Å². The van der Waals surface area contributed by atoms with Crippen molar-refractivity contribution in [3.8, 4) is 0 Å². The van der Waals surface area contributed by atoms with Crippen molar-refractivity contribution in [1.29, 1.82) is 0 Å². The molecule has 0 amide bonds. The second-order valence-corrected chi connectivity index (χ2v) is 6.51. The summed E-state index contributed by atoms with van der Waals surface area (Å²) in [6, 6.07) is 0. The lowest BCUT2D eigenvalue weighted by Crippen LogP contribution is -2.35. The Morgan fingerprint density at radius 2 is 0.955 bits per heavy atom. The molecule has 0 bridgehead atoms. The van der Waals surface area contributed by atoms with Crippen molar-refractivity contribution < 1.29 is 33.0 Å². The molecule has 0 rings (SSSR count). The van der Waals surface area contributed by atoms with Gasteiger partial charge in [0.25, 0.3) is 0 Å². The number of nitrogens with two attached hydrogens (primary N) is 2. The molecular formula is C8H27N5O7P2. The number of hydrogen-bond donors (Lipinski definition) is 9. The van der Waals surface area contributed by atoms with Crippen LogP contribution in [0.1, 0.15) is 0 Å². The Kier molecular flexibility index (Phi) is 16.2. The van der Waals surface area contributed by atoms with Crippen LogP contribution in [0.2, 0.25) is 0 Å². The Morgan fingerprint density at radius 1 is 0.682 bits per heavy atom. The standard InChI is InChI=1S/C8H23N5.H4O7P2/c9-1-3-11-5-7-13-8-6-12-4-2-10;1-8(2,3)7-9(4,5)6/h11-13H,1-10H2;(H2,1,2,3)(H2,4,5,6). The Labute approximate surface area is 129 Å². The summed E-state index contributed by atoms with van der Waals surface area (Å²) < 4.78 is 22.2. The van der Waals surface area contributed by atoms with Crippen molar-refractivity contribution in [3.05, 3.63) is 0 Å². The van der Waals surface area contributed by atoms with Gasteiger partial charge in [-0.1, -0.05) is 0 Å². The van der Waals surface area contributed by atoms with Crippen LogP contribution in [0.25, 0.3) is 0 Å². The van der Waals surface area contributed by atoms with Gasteiger partial charge < -0.3 is 47.0 Å². The molecular weight excluding hydrogens is 340 g/mol. The first-order valence-corrected chi connectivity index (χ1v) is 9.53. The molecule has 0 saturated heterocycles. The fourth-order valence-corrected chi connectivity index (χ4v) is 2.18. The van der Waals surface area contributed by atoms with E-state index >= 15 is 0 Å². The van der Waals surface area contributed by atoms with E-state index in [1.54, 1.807) is 0 Å². The first-order valence-electron chi connectivity index (χ1n) is 6.47. The van der Waals surface area contributed by atoms with Gasteiger partial charge in [0.05, 0.1) is 0 Å². The van der Waals surface area contributed by atoms with Crippen LogP contribution in [0.15, 0.2) is 0 Å². The van der Waals surface area contributed by atoms with Crippen LogP contribution in [0.4, 0.5) is 0 Å². The third-order valence-electron chi connectivity index (χ3n) is 1.81. The zero-order valence-corrected chi connectivity index (χ0v) is 14.0. The summed E-state index contributed by atoms with van der Waals surface area (Å²) in [5, 5.41) is 9.71. The average molecular weight is 367 g/mol. The summed E-state index contributed by atoms with van der Waals surface area (Å²) in [6.07, 6.45) is 0. The molecule has 11 N–H and O–H groups in total. The fourth-order valence-electron chi connectivity index (χ4n) is 1.07. The Morgan fingerprint density at radius 3 is 1.14 bits per heavy atom. The van der Waals surface area contributed by atoms with E-state index in [2.05, 4.69) is 20.3 Å². The van der Waals surface area contributed by atoms with Crippen molar-refractivity contribution in [1.82, 2.24) is 16.0 Å². The molecule has 0 saturated carbocycles. The molecule has 0 atom stereocenters. The molecule has 0 unspecified atom stereocenters. The molecule has 0 aliphatic rings. The summed E-state index contributed by atoms with van der Waals surface area (Å²) in [4.78, 5) is 31.0. The zero-order chi connectivity index (χ0) is 17.5. The molecule has 0 aromatic heterocycles. The summed E-state index contributed by atoms with van der Waals surface area (Å²) >= 11 is 0. The largest absolute Gasteiger partial charge is 0.478 e. The summed E-state index contributed by atoms with van der Waals surface area (Å²) in [7, 11) is -10.1. The summed E-state index contributed by atoms with van der Waals surface area (Å²) in [5.41, 5.74) is 10.6. The Hall–Kier alpha value is 0.0600. The van der Waals surface area contributed by atoms with E-state index in [4.69, 9.17) is 31.0 Å². The Bertz CT molecular complexity index is 307. The molecule has 12 nitrogen and oxygen atoms in total. The molecule has 22 heavy (non-hydrogen) atoms. The molecule has 0 aliphatic carbocycles. The normalized spacial score (nSPS) is 11.9. The van der Waals surface area contributed by atoms with Gasteiger partial charge in [-0.25, -0.2) is 9.13 Å². The van der Waals surface area contributed by atoms with Gasteiger partial charge in [-0.2, -0.15) is 4.31 Å². The van der Waals surface area contributed by atoms with Crippen molar-refractivity contribution in [3.63, 3.8) is 0 Å². The molecule has 0 heterocycles. The van der Waals surface area contributed by atoms with Crippen molar-refractivity contribution in [2.24, 2.45) is 11.5 Å². The lowest BCUT2D eigenvalue weighted by atomic mass is 10.5. The monoisotopic (exact) mass is 367 g/mol. The van der Waals surface area contributed by atoms with E-state index in [0.29, 0.717) is 13.1 Å². The predicted octanol–water partition coefficient (Wildman–Crippen LogP) is -3.14. The number of phosphoric acid groups is 2. The number of hydrogen-bond acceptors (Lipinski definition) is 8. The van der Waals surface area contributed by atoms with Gasteiger partial charge in [-0.05, 0) is 0 Å². The van der Waals surface area contributed by atoms with E-state index in [1.807, 2.05) is 0 Å². The molecule has 0 radical (unpaired) electrons. The molecule has 14 heteroatoms. The third-order valence-corrected chi connectivity index (χ3v) is 3.51. The third kappa shape index (κ3) is 28.3. The van der Waals surface area contributed by atoms with Gasteiger partial charge in [0.15, 0.2) is 0 Å². The van der Waals surface area contributed by atoms with Crippen LogP contribution in [0, 0.1) is 0 Å². The molecule has 0 aromatic carbocycles. The van der Waals surface area contributed by atoms with Gasteiger partial charge in [-0.15, -0.1) is 0 Å². The van der Waals surface area contributed by atoms with E-state index in [0.717, 1.165) is 39.3 Å². The summed E-state index contributed by atoms with van der Waals surface area (Å²) in [6.45, 7) is 7.15. The van der Waals surface area contributed by atoms with Crippen LogP contribution < -0.4 is 27.4 Å². The van der Waals surface area contributed by atoms with Gasteiger partial charge in [0.1, 0.15) is 0 Å². The number of rotatable bonds is 12. The molecule has 0 aromatic rings. The Balaban J connectivity index is 0. The minimum absolute atomic E-state index is 0.706. The van der Waals surface area contributed by atoms with E-state index in [1.165, 1.54) is 0 Å². The SMILES string of the molecule is NCCNCCNCCNCCN.O=P(O)(O)OP(=O)(O)O. The van der Waals surface area contributed by atoms with E-state index in [-0.39, 0.29) is 0 Å². The minimum atomic E-state index is -5.05. The zero-order valence-electron chi connectivity index (χ0n) is 12.2. The quantitative estimate of drug-likeness (QED) is 0.124. The van der Waals surface area contributed by atoms with Crippen LogP contribution in [0.5, 0.6) is 0 Å². The van der Waals surface area contributed by atoms with Crippen LogP contribution in [0.3, 0.4) is 0 Å². The highest BCUT2D eigenvalue weighted by molar-refractivity contribution is 7.60. The minimum Gasteiger partial charge on any atom is -0.329 e. The van der Waals surface area contributed by atoms with E-state index in [9.17, 15) is 9.13 Å². The maximum atomic E-state index is 9.63. The predicted molar refractivity (Wildman–Crippen MR) is 81.9 cm³/mol. The maximum Gasteiger partial charge on any atom is 0.478 e. The lowest BCUT2D eigenvalue weighted by molar-refractivity contribution is 0.225. The maximum absolute atomic E-state index is 9.63. The van der Waals surface area contributed by atoms with Gasteiger partial charge >= 0.3 is 15.6 Å². The highest BCUT2D eigenvalue weighted by Gasteiger charge is 2.27. The molecule has 136 valence electrons. The number of nitrogens with one attached hydrogen (secondary N) is 3. The first kappa shape index (κ1) is 24.3. The van der Waals surface area contributed by atoms with Crippen LogP contribution in [-0.2, 0) is 13.4 Å². The molecule has 0 aliphatic heterocycles. The molecule has 0 spiro atoms. The van der Waals surface area contributed by atoms with Crippen molar-refractivity contribution >= 4 is 15.6 Å². The second kappa shape index (κ2) is 14.6. The molecule has 0 fully saturated rings. The fraction of sp³-hybridized carbons (Fsp3) is 1.00. The topological polar surface area (TPSA) is 212 Å². The van der Waals surface area contributed by atoms with Crippen LogP contribution in [-0.4, -0.2) is 71.9 Å². The average Bonchev–Trinajstić information content (AvgIpc) is 2.33. The van der Waals surface area contributed by atoms with Crippen LogP contribution >= 0.6 is 15.6 Å². The summed E-state index contributed by atoms with van der Waals surface area (Å²) in [5.74, 6) is 0. The highest BCUT2D eigenvalue weighted by atomic mass is 31.3. The van der Waals surface area contributed by atoms with Gasteiger partial charge in [-0.3, -0.25) is 0 Å².